The molecule has 1 aromatic carbocycles. The number of H-pyrrole nitrogens is 1. The summed E-state index contributed by atoms with van der Waals surface area (Å²) in [5, 5.41) is 7.52. The van der Waals surface area contributed by atoms with Gasteiger partial charge in [0.05, 0.1) is 0 Å². The van der Waals surface area contributed by atoms with Crippen LogP contribution in [0.5, 0.6) is 0 Å². The summed E-state index contributed by atoms with van der Waals surface area (Å²) >= 11 is 0. The molecule has 0 fully saturated rings. The first-order valence-electron chi connectivity index (χ1n) is 7.13. The number of hydrogen-bond acceptors (Lipinski definition) is 1. The molecule has 0 unspecified atom stereocenters. The van der Waals surface area contributed by atoms with Gasteiger partial charge in [0.25, 0.3) is 0 Å². The maximum absolute atomic E-state index is 13.3. The number of fused-ring (bicyclic) bond motifs is 1. The molecule has 4 nitrogen and oxygen atoms in total. The molecule has 2 rings (SSSR count). The number of aliphatic imine (C=N–C) groups is 1. The zero-order chi connectivity index (χ0) is 15.5. The Hall–Kier alpha value is -1.31. The maximum atomic E-state index is 13.3. The minimum Gasteiger partial charge on any atom is -0.361 e. The molecule has 22 heavy (non-hydrogen) atoms. The topological polar surface area (TPSA) is 52.2 Å². The van der Waals surface area contributed by atoms with Gasteiger partial charge in [0.1, 0.15) is 5.82 Å². The molecular weight excluding hydrogens is 394 g/mol. The van der Waals surface area contributed by atoms with Gasteiger partial charge in [0, 0.05) is 36.2 Å². The maximum Gasteiger partial charge on any atom is 0.191 e. The van der Waals surface area contributed by atoms with Gasteiger partial charge >= 0.3 is 0 Å². The van der Waals surface area contributed by atoms with Crippen LogP contribution in [0.2, 0.25) is 0 Å². The van der Waals surface area contributed by atoms with E-state index in [1.165, 1.54) is 6.07 Å². The van der Waals surface area contributed by atoms with E-state index in [-0.39, 0.29) is 35.3 Å². The number of hydrogen-bond donors (Lipinski definition) is 3. The molecule has 0 saturated carbocycles. The average Bonchev–Trinajstić information content (AvgIpc) is 2.79. The molecule has 1 aromatic heterocycles. The lowest BCUT2D eigenvalue weighted by Gasteiger charge is -2.23. The standard InChI is InChI=1S/C16H23FN4.HI/c1-16(2,3)21-15(18-4)19-8-7-11-10-20-14-6-5-12(17)9-13(11)14;/h5-6,9-10,20H,7-8H2,1-4H3,(H2,18,19,21);1H. The Kier molecular flexibility index (Phi) is 6.65. The van der Waals surface area contributed by atoms with E-state index in [0.29, 0.717) is 0 Å². The number of aromatic amines is 1. The minimum absolute atomic E-state index is 0. The predicted molar refractivity (Wildman–Crippen MR) is 102 cm³/mol. The quantitative estimate of drug-likeness (QED) is 0.407. The van der Waals surface area contributed by atoms with Crippen LogP contribution in [0.1, 0.15) is 26.3 Å². The van der Waals surface area contributed by atoms with Gasteiger partial charge in [-0.05, 0) is 51.0 Å². The van der Waals surface area contributed by atoms with Gasteiger partial charge in [0.15, 0.2) is 5.96 Å². The highest BCUT2D eigenvalue weighted by atomic mass is 127. The number of halogens is 2. The van der Waals surface area contributed by atoms with Crippen LogP contribution in [0.4, 0.5) is 4.39 Å². The van der Waals surface area contributed by atoms with Gasteiger partial charge in [-0.25, -0.2) is 4.39 Å². The summed E-state index contributed by atoms with van der Waals surface area (Å²) in [6, 6.07) is 4.81. The smallest absolute Gasteiger partial charge is 0.191 e. The fourth-order valence-electron chi connectivity index (χ4n) is 2.21. The van der Waals surface area contributed by atoms with Crippen LogP contribution in [0.25, 0.3) is 10.9 Å². The lowest BCUT2D eigenvalue weighted by molar-refractivity contribution is 0.501. The van der Waals surface area contributed by atoms with Crippen LogP contribution in [0, 0.1) is 5.82 Å². The van der Waals surface area contributed by atoms with Crippen molar-refractivity contribution >= 4 is 40.8 Å². The molecule has 0 spiro atoms. The highest BCUT2D eigenvalue weighted by molar-refractivity contribution is 14.0. The average molecular weight is 418 g/mol. The van der Waals surface area contributed by atoms with Gasteiger partial charge in [-0.2, -0.15) is 0 Å². The third kappa shape index (κ3) is 5.15. The number of guanidine groups is 1. The van der Waals surface area contributed by atoms with E-state index in [1.54, 1.807) is 19.2 Å². The lowest BCUT2D eigenvalue weighted by atomic mass is 10.1. The van der Waals surface area contributed by atoms with Gasteiger partial charge < -0.3 is 15.6 Å². The monoisotopic (exact) mass is 418 g/mol. The van der Waals surface area contributed by atoms with E-state index >= 15 is 0 Å². The third-order valence-corrected chi connectivity index (χ3v) is 3.13. The summed E-state index contributed by atoms with van der Waals surface area (Å²) in [5.74, 6) is 0.565. The van der Waals surface area contributed by atoms with Crippen LogP contribution in [0.15, 0.2) is 29.4 Å². The van der Waals surface area contributed by atoms with Gasteiger partial charge in [-0.3, -0.25) is 4.99 Å². The van der Waals surface area contributed by atoms with E-state index < -0.39 is 0 Å². The van der Waals surface area contributed by atoms with Crippen molar-refractivity contribution < 1.29 is 4.39 Å². The van der Waals surface area contributed by atoms with Gasteiger partial charge in [0.2, 0.25) is 0 Å². The Morgan fingerprint density at radius 1 is 1.32 bits per heavy atom. The Bertz CT molecular complexity index is 643. The van der Waals surface area contributed by atoms with E-state index in [1.807, 2.05) is 6.20 Å². The second-order valence-corrected chi connectivity index (χ2v) is 6.13. The van der Waals surface area contributed by atoms with Crippen molar-refractivity contribution in [1.29, 1.82) is 0 Å². The summed E-state index contributed by atoms with van der Waals surface area (Å²) in [6.07, 6.45) is 2.74. The number of aromatic nitrogens is 1. The Morgan fingerprint density at radius 3 is 2.68 bits per heavy atom. The van der Waals surface area contributed by atoms with Crippen LogP contribution >= 0.6 is 24.0 Å². The normalized spacial score (nSPS) is 12.1. The summed E-state index contributed by atoms with van der Waals surface area (Å²) in [7, 11) is 1.75. The molecule has 0 aliphatic heterocycles. The zero-order valence-electron chi connectivity index (χ0n) is 13.5. The number of rotatable bonds is 3. The van der Waals surface area contributed by atoms with Crippen molar-refractivity contribution in [2.45, 2.75) is 32.7 Å². The molecule has 0 radical (unpaired) electrons. The van der Waals surface area contributed by atoms with Crippen LogP contribution in [0.3, 0.4) is 0 Å². The van der Waals surface area contributed by atoms with E-state index in [0.717, 1.165) is 35.4 Å². The molecule has 0 aliphatic rings. The van der Waals surface area contributed by atoms with E-state index in [9.17, 15) is 4.39 Å². The molecule has 2 aromatic rings. The Morgan fingerprint density at radius 2 is 2.05 bits per heavy atom. The molecular formula is C16H24FIN4. The molecule has 0 saturated heterocycles. The fourth-order valence-corrected chi connectivity index (χ4v) is 2.21. The molecule has 0 bridgehead atoms. The second kappa shape index (κ2) is 7.80. The summed E-state index contributed by atoms with van der Waals surface area (Å²) < 4.78 is 13.3. The summed E-state index contributed by atoms with van der Waals surface area (Å²) in [6.45, 7) is 6.99. The minimum atomic E-state index is -0.207. The Labute approximate surface area is 148 Å². The molecule has 6 heteroatoms. The first-order valence-corrected chi connectivity index (χ1v) is 7.13. The fraction of sp³-hybridized carbons (Fsp3) is 0.438. The molecule has 1 heterocycles. The van der Waals surface area contributed by atoms with Gasteiger partial charge in [-0.15, -0.1) is 24.0 Å². The zero-order valence-corrected chi connectivity index (χ0v) is 15.8. The second-order valence-electron chi connectivity index (χ2n) is 6.13. The highest BCUT2D eigenvalue weighted by Gasteiger charge is 2.11. The molecule has 3 N–H and O–H groups in total. The number of nitrogens with zero attached hydrogens (tertiary/aromatic N) is 1. The first-order chi connectivity index (χ1) is 9.89. The molecule has 122 valence electrons. The molecule has 0 atom stereocenters. The summed E-state index contributed by atoms with van der Waals surface area (Å²) in [4.78, 5) is 7.36. The number of nitrogens with one attached hydrogen (secondary N) is 3. The van der Waals surface area contributed by atoms with Crippen molar-refractivity contribution in [3.63, 3.8) is 0 Å². The van der Waals surface area contributed by atoms with Crippen LogP contribution < -0.4 is 10.6 Å². The van der Waals surface area contributed by atoms with Crippen molar-refractivity contribution in [3.05, 3.63) is 35.8 Å². The van der Waals surface area contributed by atoms with Crippen molar-refractivity contribution in [2.24, 2.45) is 4.99 Å². The van der Waals surface area contributed by atoms with Crippen molar-refractivity contribution in [2.75, 3.05) is 13.6 Å². The molecule has 0 aliphatic carbocycles. The predicted octanol–water partition coefficient (Wildman–Crippen LogP) is 3.43. The molecule has 0 amide bonds. The first kappa shape index (κ1) is 18.7. The third-order valence-electron chi connectivity index (χ3n) is 3.13. The van der Waals surface area contributed by atoms with Gasteiger partial charge in [-0.1, -0.05) is 0 Å². The summed E-state index contributed by atoms with van der Waals surface area (Å²) in [5.41, 5.74) is 2.03. The van der Waals surface area contributed by atoms with Crippen LogP contribution in [-0.2, 0) is 6.42 Å². The van der Waals surface area contributed by atoms with Crippen LogP contribution in [-0.4, -0.2) is 30.1 Å². The van der Waals surface area contributed by atoms with Crippen molar-refractivity contribution in [1.82, 2.24) is 15.6 Å². The largest absolute Gasteiger partial charge is 0.361 e. The SMILES string of the molecule is CN=C(NCCc1c[nH]c2ccc(F)cc12)NC(C)(C)C.I. The number of benzene rings is 1. The lowest BCUT2D eigenvalue weighted by Crippen LogP contribution is -2.48. The highest BCUT2D eigenvalue weighted by Crippen LogP contribution is 2.19. The van der Waals surface area contributed by atoms with E-state index in [4.69, 9.17) is 0 Å². The van der Waals surface area contributed by atoms with Crippen molar-refractivity contribution in [3.8, 4) is 0 Å². The van der Waals surface area contributed by atoms with E-state index in [2.05, 4.69) is 41.4 Å². The Balaban J connectivity index is 0.00000242.